The Labute approximate surface area is 228 Å². The molecule has 3 aliphatic rings. The molecule has 2 amide bonds. The number of halogens is 3. The number of anilines is 1. The van der Waals surface area contributed by atoms with Crippen LogP contribution in [0, 0.1) is 17.2 Å². The second-order valence-electron chi connectivity index (χ2n) is 9.99. The number of nitrogens with zero attached hydrogens (tertiary/aromatic N) is 6. The molecule has 1 aromatic carbocycles. The van der Waals surface area contributed by atoms with Gasteiger partial charge in [-0.05, 0) is 37.6 Å². The minimum absolute atomic E-state index is 0.0129. The van der Waals surface area contributed by atoms with E-state index < -0.39 is 24.0 Å². The van der Waals surface area contributed by atoms with Crippen LogP contribution in [-0.2, 0) is 4.79 Å². The Bertz CT molecular complexity index is 1260. The molecular weight excluding hydrogens is 529 g/mol. The maximum atomic E-state index is 13.7. The lowest BCUT2D eigenvalue weighted by molar-refractivity contribution is -0.201. The lowest BCUT2D eigenvalue weighted by atomic mass is 9.94. The molecule has 3 saturated heterocycles. The second-order valence-corrected chi connectivity index (χ2v) is 9.99. The van der Waals surface area contributed by atoms with Gasteiger partial charge in [-0.1, -0.05) is 6.07 Å². The molecule has 2 unspecified atom stereocenters. The predicted octanol–water partition coefficient (Wildman–Crippen LogP) is 1.34. The molecule has 5 rings (SSSR count). The van der Waals surface area contributed by atoms with Crippen molar-refractivity contribution in [1.82, 2.24) is 30.6 Å². The average molecular weight is 559 g/mol. The molecule has 0 radical (unpaired) electrons. The van der Waals surface area contributed by atoms with Gasteiger partial charge in [0.1, 0.15) is 18.4 Å². The Kier molecular flexibility index (Phi) is 8.04. The molecule has 212 valence electrons. The first kappa shape index (κ1) is 27.6. The zero-order chi connectivity index (χ0) is 28.3. The van der Waals surface area contributed by atoms with E-state index >= 15 is 0 Å². The molecule has 3 aliphatic heterocycles. The van der Waals surface area contributed by atoms with Crippen molar-refractivity contribution >= 4 is 17.8 Å². The lowest BCUT2D eigenvalue weighted by Gasteiger charge is -2.40. The highest BCUT2D eigenvalue weighted by Crippen LogP contribution is 2.35. The Morgan fingerprint density at radius 1 is 1.15 bits per heavy atom. The maximum absolute atomic E-state index is 13.7. The van der Waals surface area contributed by atoms with Gasteiger partial charge < -0.3 is 14.5 Å². The van der Waals surface area contributed by atoms with Gasteiger partial charge in [-0.2, -0.15) is 18.4 Å². The standard InChI is InChI=1S/C26H29F3N8O3/c27-26(28,29)22-21(15-33-34-23(22)38)37-6-2-4-19(37)16-40-20-5-1-3-18(11-20)24(39)35-7-9-36(10-8-35)25-31-13-17(12-30)14-32-25/h1,3,5,11,13-14,19,21-22,33H,2,4,6-10,15-16H2,(H,34,38)/t19-,21?,22?/m1/s1. The van der Waals surface area contributed by atoms with Crippen LogP contribution in [0.1, 0.15) is 28.8 Å². The molecular formula is C26H29F3N8O3. The van der Waals surface area contributed by atoms with Crippen LogP contribution in [0.15, 0.2) is 36.7 Å². The van der Waals surface area contributed by atoms with Gasteiger partial charge in [0.25, 0.3) is 5.91 Å². The van der Waals surface area contributed by atoms with E-state index in [0.717, 1.165) is 0 Å². The summed E-state index contributed by atoms with van der Waals surface area (Å²) in [5.41, 5.74) is 5.51. The van der Waals surface area contributed by atoms with Gasteiger partial charge in [-0.3, -0.25) is 19.9 Å². The van der Waals surface area contributed by atoms with Crippen LogP contribution >= 0.6 is 0 Å². The molecule has 14 heteroatoms. The Balaban J connectivity index is 1.18. The Hall–Kier alpha value is -3.96. The van der Waals surface area contributed by atoms with E-state index in [1.165, 1.54) is 12.4 Å². The van der Waals surface area contributed by atoms with Crippen LogP contribution in [0.2, 0.25) is 0 Å². The summed E-state index contributed by atoms with van der Waals surface area (Å²) in [6.07, 6.45) is -0.371. The number of ether oxygens (including phenoxy) is 1. The number of benzene rings is 1. The normalized spacial score (nSPS) is 23.9. The van der Waals surface area contributed by atoms with Crippen molar-refractivity contribution in [3.8, 4) is 11.8 Å². The van der Waals surface area contributed by atoms with Crippen LogP contribution in [-0.4, -0.2) is 95.7 Å². The van der Waals surface area contributed by atoms with Gasteiger partial charge in [0.2, 0.25) is 11.9 Å². The number of aromatic nitrogens is 2. The first-order chi connectivity index (χ1) is 19.2. The summed E-state index contributed by atoms with van der Waals surface area (Å²) < 4.78 is 47.0. The number of hydrogen-bond donors (Lipinski definition) is 2. The fourth-order valence-corrected chi connectivity index (χ4v) is 5.51. The molecule has 4 heterocycles. The number of carbonyl (C=O) groups is 2. The average Bonchev–Trinajstić information content (AvgIpc) is 3.44. The van der Waals surface area contributed by atoms with E-state index in [0.29, 0.717) is 68.4 Å². The highest BCUT2D eigenvalue weighted by molar-refractivity contribution is 5.94. The number of amides is 2. The molecule has 0 spiro atoms. The van der Waals surface area contributed by atoms with Gasteiger partial charge in [0.15, 0.2) is 5.92 Å². The number of hydrogen-bond acceptors (Lipinski definition) is 9. The predicted molar refractivity (Wildman–Crippen MR) is 136 cm³/mol. The van der Waals surface area contributed by atoms with Gasteiger partial charge in [-0.25, -0.2) is 15.4 Å². The van der Waals surface area contributed by atoms with Crippen LogP contribution in [0.25, 0.3) is 0 Å². The number of hydrazine groups is 1. The minimum Gasteiger partial charge on any atom is -0.492 e. The summed E-state index contributed by atoms with van der Waals surface area (Å²) in [6.45, 7) is 2.58. The van der Waals surface area contributed by atoms with Gasteiger partial charge in [0.05, 0.1) is 18.0 Å². The molecule has 0 saturated carbocycles. The largest absolute Gasteiger partial charge is 0.492 e. The van der Waals surface area contributed by atoms with Crippen molar-refractivity contribution in [3.05, 3.63) is 47.8 Å². The number of rotatable bonds is 6. The SMILES string of the molecule is N#Cc1cnc(N2CCN(C(=O)c3cccc(OC[C@H]4CCCN4C4CNNC(=O)C4C(F)(F)F)c3)CC2)nc1. The number of nitrogens with one attached hydrogen (secondary N) is 2. The van der Waals surface area contributed by atoms with Crippen molar-refractivity contribution in [2.45, 2.75) is 31.1 Å². The first-order valence-corrected chi connectivity index (χ1v) is 13.1. The smallest absolute Gasteiger partial charge is 0.402 e. The lowest BCUT2D eigenvalue weighted by Crippen LogP contribution is -2.65. The molecule has 3 atom stereocenters. The first-order valence-electron chi connectivity index (χ1n) is 13.1. The second kappa shape index (κ2) is 11.6. The van der Waals surface area contributed by atoms with E-state index in [1.54, 1.807) is 34.1 Å². The highest BCUT2D eigenvalue weighted by atomic mass is 19.4. The zero-order valence-electron chi connectivity index (χ0n) is 21.6. The highest BCUT2D eigenvalue weighted by Gasteiger charge is 2.54. The van der Waals surface area contributed by atoms with E-state index in [-0.39, 0.29) is 25.1 Å². The number of nitriles is 1. The summed E-state index contributed by atoms with van der Waals surface area (Å²) in [4.78, 5) is 39.0. The third kappa shape index (κ3) is 5.95. The topological polar surface area (TPSA) is 127 Å². The molecule has 2 N–H and O–H groups in total. The van der Waals surface area contributed by atoms with Crippen molar-refractivity contribution < 1.29 is 27.5 Å². The minimum atomic E-state index is -4.65. The van der Waals surface area contributed by atoms with E-state index in [4.69, 9.17) is 10.00 Å². The summed E-state index contributed by atoms with van der Waals surface area (Å²) in [5, 5.41) is 8.91. The Morgan fingerprint density at radius 2 is 1.90 bits per heavy atom. The number of alkyl halides is 3. The number of carbonyl (C=O) groups excluding carboxylic acids is 2. The van der Waals surface area contributed by atoms with E-state index in [2.05, 4.69) is 20.8 Å². The fourth-order valence-electron chi connectivity index (χ4n) is 5.51. The Morgan fingerprint density at radius 3 is 2.60 bits per heavy atom. The number of piperazine rings is 1. The van der Waals surface area contributed by atoms with Crippen molar-refractivity contribution in [2.75, 3.05) is 50.8 Å². The van der Waals surface area contributed by atoms with Gasteiger partial charge in [0, 0.05) is 50.4 Å². The maximum Gasteiger partial charge on any atom is 0.402 e. The van der Waals surface area contributed by atoms with Crippen LogP contribution in [0.3, 0.4) is 0 Å². The molecule has 3 fully saturated rings. The van der Waals surface area contributed by atoms with Crippen molar-refractivity contribution in [2.24, 2.45) is 5.92 Å². The van der Waals surface area contributed by atoms with Crippen LogP contribution in [0.4, 0.5) is 19.1 Å². The van der Waals surface area contributed by atoms with Crippen LogP contribution in [0.5, 0.6) is 5.75 Å². The quantitative estimate of drug-likeness (QED) is 0.540. The molecule has 1 aromatic heterocycles. The molecule has 0 aliphatic carbocycles. The molecule has 11 nitrogen and oxygen atoms in total. The van der Waals surface area contributed by atoms with E-state index in [1.807, 2.05) is 11.0 Å². The van der Waals surface area contributed by atoms with Crippen LogP contribution < -0.4 is 20.5 Å². The molecule has 40 heavy (non-hydrogen) atoms. The number of likely N-dealkylation sites (tertiary alicyclic amines) is 1. The van der Waals surface area contributed by atoms with E-state index in [9.17, 15) is 22.8 Å². The molecule has 0 bridgehead atoms. The summed E-state index contributed by atoms with van der Waals surface area (Å²) >= 11 is 0. The summed E-state index contributed by atoms with van der Waals surface area (Å²) in [5.74, 6) is -2.38. The van der Waals surface area contributed by atoms with Crippen molar-refractivity contribution in [3.63, 3.8) is 0 Å². The fraction of sp³-hybridized carbons (Fsp3) is 0.500. The third-order valence-corrected chi connectivity index (χ3v) is 7.53. The molecule has 2 aromatic rings. The van der Waals surface area contributed by atoms with Crippen molar-refractivity contribution in [1.29, 1.82) is 5.26 Å². The third-order valence-electron chi connectivity index (χ3n) is 7.53. The van der Waals surface area contributed by atoms with Gasteiger partial charge in [-0.15, -0.1) is 0 Å². The zero-order valence-corrected chi connectivity index (χ0v) is 21.6. The summed E-state index contributed by atoms with van der Waals surface area (Å²) in [7, 11) is 0. The summed E-state index contributed by atoms with van der Waals surface area (Å²) in [6, 6.07) is 7.44. The monoisotopic (exact) mass is 558 g/mol. The van der Waals surface area contributed by atoms with Gasteiger partial charge >= 0.3 is 6.18 Å².